The molecule has 2 aliphatic rings. The second-order valence-corrected chi connectivity index (χ2v) is 11.1. The van der Waals surface area contributed by atoms with Gasteiger partial charge in [0, 0.05) is 36.6 Å². The minimum Gasteiger partial charge on any atom is -0.384 e. The predicted octanol–water partition coefficient (Wildman–Crippen LogP) is 3.12. The first-order chi connectivity index (χ1) is 17.0. The van der Waals surface area contributed by atoms with Crippen LogP contribution in [0.3, 0.4) is 0 Å². The number of H-pyrrole nitrogens is 1. The number of benzene rings is 1. The Balaban J connectivity index is 1.45. The van der Waals surface area contributed by atoms with Crippen LogP contribution in [0.25, 0.3) is 0 Å². The summed E-state index contributed by atoms with van der Waals surface area (Å²) in [7, 11) is 0. The van der Waals surface area contributed by atoms with Crippen molar-refractivity contribution in [2.45, 2.75) is 45.8 Å². The van der Waals surface area contributed by atoms with E-state index in [1.54, 1.807) is 17.0 Å². The van der Waals surface area contributed by atoms with Crippen molar-refractivity contribution in [1.29, 1.82) is 0 Å². The molecule has 0 spiro atoms. The fraction of sp³-hybridized carbons (Fsp3) is 0.577. The molecular formula is C26H36ClN5O4. The SMILES string of the molecule is CC(C)[C@@H](Nc1ncc(C(=O)N2CCOCC2)[nH]1)C(=O)N1CC[C@](O)(c2ccc(Cl)cc2)C(C)(C)C1. The number of likely N-dealkylation sites (tertiary alicyclic amines) is 1. The van der Waals surface area contributed by atoms with E-state index in [9.17, 15) is 14.7 Å². The molecule has 2 saturated heterocycles. The van der Waals surface area contributed by atoms with E-state index < -0.39 is 17.1 Å². The first-order valence-electron chi connectivity index (χ1n) is 12.5. The van der Waals surface area contributed by atoms with Crippen molar-refractivity contribution in [2.75, 3.05) is 44.7 Å². The van der Waals surface area contributed by atoms with Gasteiger partial charge in [-0.25, -0.2) is 4.98 Å². The van der Waals surface area contributed by atoms with Gasteiger partial charge in [-0.2, -0.15) is 0 Å². The number of amides is 2. The van der Waals surface area contributed by atoms with Crippen molar-refractivity contribution in [2.24, 2.45) is 11.3 Å². The third-order valence-electron chi connectivity index (χ3n) is 7.41. The van der Waals surface area contributed by atoms with E-state index in [0.29, 0.717) is 62.5 Å². The quantitative estimate of drug-likeness (QED) is 0.543. The summed E-state index contributed by atoms with van der Waals surface area (Å²) in [6, 6.07) is 6.73. The number of aliphatic hydroxyl groups is 1. The lowest BCUT2D eigenvalue weighted by molar-refractivity contribution is -0.154. The van der Waals surface area contributed by atoms with Gasteiger partial charge in [0.05, 0.1) is 25.0 Å². The Hall–Kier alpha value is -2.62. The van der Waals surface area contributed by atoms with Crippen molar-refractivity contribution >= 4 is 29.4 Å². The van der Waals surface area contributed by atoms with Crippen LogP contribution in [-0.2, 0) is 15.1 Å². The fourth-order valence-corrected chi connectivity index (χ4v) is 5.19. The highest BCUT2D eigenvalue weighted by Crippen LogP contribution is 2.46. The number of hydrogen-bond acceptors (Lipinski definition) is 6. The molecule has 196 valence electrons. The Kier molecular flexibility index (Phi) is 7.64. The Morgan fingerprint density at radius 1 is 1.14 bits per heavy atom. The minimum absolute atomic E-state index is 0.0267. The number of imidazole rings is 1. The molecule has 36 heavy (non-hydrogen) atoms. The summed E-state index contributed by atoms with van der Waals surface area (Å²) in [6.45, 7) is 10.9. The second kappa shape index (κ2) is 10.4. The Labute approximate surface area is 217 Å². The van der Waals surface area contributed by atoms with E-state index >= 15 is 0 Å². The normalized spacial score (nSPS) is 23.0. The summed E-state index contributed by atoms with van der Waals surface area (Å²) < 4.78 is 5.32. The minimum atomic E-state index is -1.08. The number of carbonyl (C=O) groups excluding carboxylic acids is 2. The first-order valence-corrected chi connectivity index (χ1v) is 12.9. The maximum absolute atomic E-state index is 13.6. The van der Waals surface area contributed by atoms with Crippen LogP contribution in [0.4, 0.5) is 5.95 Å². The monoisotopic (exact) mass is 517 g/mol. The molecule has 2 amide bonds. The zero-order valence-electron chi connectivity index (χ0n) is 21.4. The number of halogens is 1. The third-order valence-corrected chi connectivity index (χ3v) is 7.66. The Bertz CT molecular complexity index is 1080. The van der Waals surface area contributed by atoms with Crippen LogP contribution >= 0.6 is 11.6 Å². The number of piperidine rings is 1. The molecule has 4 rings (SSSR count). The summed E-state index contributed by atoms with van der Waals surface area (Å²) in [5.74, 6) is 0.160. The number of morpholine rings is 1. The molecule has 2 aliphatic heterocycles. The zero-order valence-corrected chi connectivity index (χ0v) is 22.1. The maximum atomic E-state index is 13.6. The molecule has 2 fully saturated rings. The fourth-order valence-electron chi connectivity index (χ4n) is 5.07. The number of nitrogens with one attached hydrogen (secondary N) is 2. The molecule has 0 unspecified atom stereocenters. The number of hydrogen-bond donors (Lipinski definition) is 3. The van der Waals surface area contributed by atoms with Gasteiger partial charge in [-0.3, -0.25) is 9.59 Å². The van der Waals surface area contributed by atoms with Gasteiger partial charge in [0.2, 0.25) is 11.9 Å². The molecule has 0 bridgehead atoms. The summed E-state index contributed by atoms with van der Waals surface area (Å²) in [5, 5.41) is 15.5. The van der Waals surface area contributed by atoms with E-state index in [-0.39, 0.29) is 17.7 Å². The standard InChI is InChI=1S/C26H36ClN5O4/c1-17(2)21(30-24-28-15-20(29-24)22(33)31-11-13-36-14-12-31)23(34)32-10-9-26(35,25(3,4)16-32)18-5-7-19(27)8-6-18/h5-8,15,17,21,35H,9-14,16H2,1-4H3,(H2,28,29,30)/t21-,26+/m1/s1. The lowest BCUT2D eigenvalue weighted by atomic mass is 9.66. The molecule has 1 aromatic carbocycles. The van der Waals surface area contributed by atoms with Gasteiger partial charge in [0.25, 0.3) is 5.91 Å². The highest BCUT2D eigenvalue weighted by molar-refractivity contribution is 6.30. The summed E-state index contributed by atoms with van der Waals surface area (Å²) in [4.78, 5) is 37.3. The molecular weight excluding hydrogens is 482 g/mol. The first kappa shape index (κ1) is 26.4. The topological polar surface area (TPSA) is 111 Å². The molecule has 2 atom stereocenters. The molecule has 2 aromatic rings. The summed E-state index contributed by atoms with van der Waals surface area (Å²) in [6.07, 6.45) is 1.91. The van der Waals surface area contributed by atoms with Crippen molar-refractivity contribution in [1.82, 2.24) is 19.8 Å². The Morgan fingerprint density at radius 2 is 1.81 bits per heavy atom. The van der Waals surface area contributed by atoms with Crippen LogP contribution in [0.2, 0.25) is 5.02 Å². The number of carbonyl (C=O) groups is 2. The second-order valence-electron chi connectivity index (χ2n) is 10.7. The van der Waals surface area contributed by atoms with Gasteiger partial charge in [-0.15, -0.1) is 0 Å². The number of rotatable bonds is 6. The molecule has 0 aliphatic carbocycles. The summed E-state index contributed by atoms with van der Waals surface area (Å²) >= 11 is 6.05. The zero-order chi connectivity index (χ0) is 26.1. The predicted molar refractivity (Wildman–Crippen MR) is 138 cm³/mol. The number of ether oxygens (including phenoxy) is 1. The number of anilines is 1. The van der Waals surface area contributed by atoms with E-state index in [1.807, 2.05) is 44.7 Å². The van der Waals surface area contributed by atoms with Gasteiger partial charge in [0.1, 0.15) is 11.7 Å². The van der Waals surface area contributed by atoms with Crippen molar-refractivity contribution in [3.05, 3.63) is 46.7 Å². The van der Waals surface area contributed by atoms with Crippen LogP contribution in [-0.4, -0.2) is 82.1 Å². The third kappa shape index (κ3) is 5.23. The van der Waals surface area contributed by atoms with Gasteiger partial charge < -0.3 is 29.9 Å². The molecule has 3 heterocycles. The van der Waals surface area contributed by atoms with Crippen molar-refractivity contribution in [3.8, 4) is 0 Å². The van der Waals surface area contributed by atoms with Crippen LogP contribution in [0, 0.1) is 11.3 Å². The van der Waals surface area contributed by atoms with E-state index in [2.05, 4.69) is 15.3 Å². The number of nitrogens with zero attached hydrogens (tertiary/aromatic N) is 3. The van der Waals surface area contributed by atoms with Crippen LogP contribution in [0.15, 0.2) is 30.5 Å². The lowest BCUT2D eigenvalue weighted by Gasteiger charge is -2.51. The molecule has 0 saturated carbocycles. The molecule has 1 aromatic heterocycles. The van der Waals surface area contributed by atoms with Crippen LogP contribution in [0.1, 0.15) is 50.2 Å². The van der Waals surface area contributed by atoms with E-state index in [1.165, 1.54) is 6.20 Å². The average molecular weight is 518 g/mol. The molecule has 0 radical (unpaired) electrons. The van der Waals surface area contributed by atoms with Gasteiger partial charge >= 0.3 is 0 Å². The van der Waals surface area contributed by atoms with E-state index in [0.717, 1.165) is 5.56 Å². The van der Waals surface area contributed by atoms with Crippen LogP contribution in [0.5, 0.6) is 0 Å². The van der Waals surface area contributed by atoms with Crippen molar-refractivity contribution in [3.63, 3.8) is 0 Å². The Morgan fingerprint density at radius 3 is 2.42 bits per heavy atom. The molecule has 3 N–H and O–H groups in total. The lowest BCUT2D eigenvalue weighted by Crippen LogP contribution is -2.59. The van der Waals surface area contributed by atoms with Gasteiger partial charge in [-0.05, 0) is 30.0 Å². The smallest absolute Gasteiger partial charge is 0.272 e. The highest BCUT2D eigenvalue weighted by Gasteiger charge is 2.50. The van der Waals surface area contributed by atoms with Gasteiger partial charge in [0.15, 0.2) is 0 Å². The number of aromatic amines is 1. The van der Waals surface area contributed by atoms with Crippen molar-refractivity contribution < 1.29 is 19.4 Å². The largest absolute Gasteiger partial charge is 0.384 e. The highest BCUT2D eigenvalue weighted by atomic mass is 35.5. The number of aromatic nitrogens is 2. The molecule has 10 heteroatoms. The van der Waals surface area contributed by atoms with Gasteiger partial charge in [-0.1, -0.05) is 51.4 Å². The summed E-state index contributed by atoms with van der Waals surface area (Å²) in [5.41, 5.74) is -0.485. The molecule has 9 nitrogen and oxygen atoms in total. The average Bonchev–Trinajstić information content (AvgIpc) is 3.33. The van der Waals surface area contributed by atoms with E-state index in [4.69, 9.17) is 16.3 Å². The maximum Gasteiger partial charge on any atom is 0.272 e. The van der Waals surface area contributed by atoms with Crippen LogP contribution < -0.4 is 5.32 Å².